The highest BCUT2D eigenvalue weighted by Gasteiger charge is 2.35. The predicted octanol–water partition coefficient (Wildman–Crippen LogP) is 5.56. The largest absolute Gasteiger partial charge is 0.487 e. The quantitative estimate of drug-likeness (QED) is 0.376. The lowest BCUT2D eigenvalue weighted by Crippen LogP contribution is -2.44. The number of amides is 3. The van der Waals surface area contributed by atoms with E-state index in [0.29, 0.717) is 54.0 Å². The number of carbonyl (C=O) groups is 2. The highest BCUT2D eigenvalue weighted by molar-refractivity contribution is 5.85. The van der Waals surface area contributed by atoms with Gasteiger partial charge in [0.25, 0.3) is 0 Å². The molecule has 0 spiro atoms. The fourth-order valence-corrected chi connectivity index (χ4v) is 4.59. The molecule has 1 aromatic heterocycles. The molecular weight excluding hydrogens is 516 g/mol. The third-order valence-corrected chi connectivity index (χ3v) is 6.23. The number of anilines is 1. The molecule has 2 aliphatic rings. The van der Waals surface area contributed by atoms with Crippen LogP contribution in [-0.4, -0.2) is 41.7 Å². The summed E-state index contributed by atoms with van der Waals surface area (Å²) in [6.07, 6.45) is -0.0309. The topological polar surface area (TPSA) is 133 Å². The zero-order valence-electron chi connectivity index (χ0n) is 23.3. The second-order valence-electron chi connectivity index (χ2n) is 11.4. The van der Waals surface area contributed by atoms with Crippen LogP contribution in [0.1, 0.15) is 58.3 Å². The Morgan fingerprint density at radius 2 is 1.77 bits per heavy atom. The summed E-state index contributed by atoms with van der Waals surface area (Å²) >= 11 is 0. The van der Waals surface area contributed by atoms with Crippen LogP contribution in [0.2, 0.25) is 0 Å². The van der Waals surface area contributed by atoms with Gasteiger partial charge >= 0.3 is 12.1 Å². The second-order valence-corrected chi connectivity index (χ2v) is 11.4. The van der Waals surface area contributed by atoms with Crippen molar-refractivity contribution in [2.75, 3.05) is 18.5 Å². The average molecular weight is 551 g/mol. The van der Waals surface area contributed by atoms with Gasteiger partial charge in [-0.15, -0.1) is 0 Å². The van der Waals surface area contributed by atoms with E-state index in [-0.39, 0.29) is 18.6 Å². The predicted molar refractivity (Wildman–Crippen MR) is 147 cm³/mol. The molecular formula is C29H34N4O7. The maximum absolute atomic E-state index is 12.9. The molecule has 0 fully saturated rings. The van der Waals surface area contributed by atoms with Gasteiger partial charge in [-0.3, -0.25) is 5.32 Å². The highest BCUT2D eigenvalue weighted by atomic mass is 16.6. The SMILES string of the molecule is CC(C)(C)OC(=O)Nc1ccc2c(c1)C(NC(=O)NCc1cc(-c3ccc4c(c3)OCCO4)on1)CC(C)(C)O2. The van der Waals surface area contributed by atoms with Gasteiger partial charge < -0.3 is 34.1 Å². The van der Waals surface area contributed by atoms with E-state index in [1.54, 1.807) is 45.0 Å². The molecule has 3 N–H and O–H groups in total. The number of carbonyl (C=O) groups excluding carboxylic acids is 2. The van der Waals surface area contributed by atoms with Crippen LogP contribution in [0.5, 0.6) is 17.2 Å². The maximum atomic E-state index is 12.9. The van der Waals surface area contributed by atoms with Crippen molar-refractivity contribution in [3.63, 3.8) is 0 Å². The van der Waals surface area contributed by atoms with Gasteiger partial charge in [-0.05, 0) is 71.0 Å². The molecule has 0 saturated carbocycles. The number of fused-ring (bicyclic) bond motifs is 2. The van der Waals surface area contributed by atoms with E-state index in [2.05, 4.69) is 21.1 Å². The minimum atomic E-state index is -0.623. The number of urea groups is 1. The zero-order valence-corrected chi connectivity index (χ0v) is 23.3. The number of rotatable bonds is 5. The van der Waals surface area contributed by atoms with Crippen molar-refractivity contribution < 1.29 is 33.1 Å². The first-order valence-corrected chi connectivity index (χ1v) is 13.2. The number of benzene rings is 2. The van der Waals surface area contributed by atoms with Gasteiger partial charge in [-0.1, -0.05) is 5.16 Å². The molecule has 11 heteroatoms. The van der Waals surface area contributed by atoms with E-state index in [1.807, 2.05) is 32.0 Å². The highest BCUT2D eigenvalue weighted by Crippen LogP contribution is 2.41. The minimum Gasteiger partial charge on any atom is -0.487 e. The first kappa shape index (κ1) is 27.2. The molecule has 0 bridgehead atoms. The number of nitrogens with zero attached hydrogens (tertiary/aromatic N) is 1. The van der Waals surface area contributed by atoms with E-state index >= 15 is 0 Å². The molecule has 3 aromatic rings. The van der Waals surface area contributed by atoms with Crippen LogP contribution in [-0.2, 0) is 11.3 Å². The summed E-state index contributed by atoms with van der Waals surface area (Å²) in [7, 11) is 0. The summed E-state index contributed by atoms with van der Waals surface area (Å²) in [5.74, 6) is 2.54. The third kappa shape index (κ3) is 6.59. The lowest BCUT2D eigenvalue weighted by molar-refractivity contribution is 0.0630. The smallest absolute Gasteiger partial charge is 0.412 e. The Balaban J connectivity index is 1.23. The van der Waals surface area contributed by atoms with Crippen LogP contribution in [0.3, 0.4) is 0 Å². The monoisotopic (exact) mass is 550 g/mol. The van der Waals surface area contributed by atoms with Crippen molar-refractivity contribution >= 4 is 17.8 Å². The molecule has 3 heterocycles. The van der Waals surface area contributed by atoms with Crippen LogP contribution >= 0.6 is 0 Å². The summed E-state index contributed by atoms with van der Waals surface area (Å²) in [5.41, 5.74) is 1.53. The molecule has 5 rings (SSSR count). The number of hydrogen-bond acceptors (Lipinski definition) is 8. The summed E-state index contributed by atoms with van der Waals surface area (Å²) in [6, 6.07) is 11.9. The fourth-order valence-electron chi connectivity index (χ4n) is 4.59. The minimum absolute atomic E-state index is 0.166. The van der Waals surface area contributed by atoms with Gasteiger partial charge in [0.15, 0.2) is 17.3 Å². The Labute approximate surface area is 232 Å². The summed E-state index contributed by atoms with van der Waals surface area (Å²) < 4.78 is 28.2. The second kappa shape index (κ2) is 10.6. The standard InChI is InChI=1S/C29H34N4O7/c1-28(2,3)39-27(35)31-18-7-9-22-20(13-18)21(15-29(4,5)38-22)32-26(34)30-16-19-14-24(40-33-19)17-6-8-23-25(12-17)37-11-10-36-23/h6-9,12-14,21H,10-11,15-16H2,1-5H3,(H,31,35)(H2,30,32,34). The Kier molecular flexibility index (Phi) is 7.22. The van der Waals surface area contributed by atoms with Gasteiger partial charge in [0, 0.05) is 29.3 Å². The number of nitrogens with one attached hydrogen (secondary N) is 3. The zero-order chi connectivity index (χ0) is 28.5. The van der Waals surface area contributed by atoms with Crippen molar-refractivity contribution in [3.05, 3.63) is 53.7 Å². The molecule has 40 heavy (non-hydrogen) atoms. The van der Waals surface area contributed by atoms with Crippen LogP contribution in [0.4, 0.5) is 15.3 Å². The maximum Gasteiger partial charge on any atom is 0.412 e. The molecule has 11 nitrogen and oxygen atoms in total. The van der Waals surface area contributed by atoms with Gasteiger partial charge in [0.2, 0.25) is 0 Å². The first-order chi connectivity index (χ1) is 18.9. The molecule has 0 radical (unpaired) electrons. The van der Waals surface area contributed by atoms with Crippen LogP contribution in [0, 0.1) is 0 Å². The molecule has 3 amide bonds. The number of aromatic nitrogens is 1. The Morgan fingerprint density at radius 1 is 1.02 bits per heavy atom. The molecule has 2 aliphatic heterocycles. The van der Waals surface area contributed by atoms with Crippen molar-refractivity contribution in [1.82, 2.24) is 15.8 Å². The molecule has 1 unspecified atom stereocenters. The number of hydrogen-bond donors (Lipinski definition) is 3. The van der Waals surface area contributed by atoms with E-state index < -0.39 is 17.3 Å². The van der Waals surface area contributed by atoms with E-state index in [4.69, 9.17) is 23.5 Å². The van der Waals surface area contributed by atoms with E-state index in [1.165, 1.54) is 0 Å². The molecule has 2 aromatic carbocycles. The Morgan fingerprint density at radius 3 is 2.55 bits per heavy atom. The summed E-state index contributed by atoms with van der Waals surface area (Å²) in [4.78, 5) is 25.2. The summed E-state index contributed by atoms with van der Waals surface area (Å²) in [5, 5.41) is 12.7. The van der Waals surface area contributed by atoms with E-state index in [9.17, 15) is 9.59 Å². The lowest BCUT2D eigenvalue weighted by Gasteiger charge is -2.38. The summed E-state index contributed by atoms with van der Waals surface area (Å²) in [6.45, 7) is 10.5. The van der Waals surface area contributed by atoms with Crippen molar-refractivity contribution in [3.8, 4) is 28.6 Å². The number of ether oxygens (including phenoxy) is 4. The Bertz CT molecular complexity index is 1410. The molecule has 0 aliphatic carbocycles. The van der Waals surface area contributed by atoms with Crippen molar-refractivity contribution in [2.45, 2.75) is 64.8 Å². The van der Waals surface area contributed by atoms with Crippen molar-refractivity contribution in [2.24, 2.45) is 0 Å². The van der Waals surface area contributed by atoms with Gasteiger partial charge in [-0.25, -0.2) is 9.59 Å². The average Bonchev–Trinajstić information content (AvgIpc) is 3.35. The fraction of sp³-hybridized carbons (Fsp3) is 0.414. The van der Waals surface area contributed by atoms with Gasteiger partial charge in [0.1, 0.15) is 35.9 Å². The molecule has 212 valence electrons. The normalized spacial score (nSPS) is 17.2. The molecule has 0 saturated heterocycles. The third-order valence-electron chi connectivity index (χ3n) is 6.23. The van der Waals surface area contributed by atoms with Gasteiger partial charge in [0.05, 0.1) is 12.6 Å². The lowest BCUT2D eigenvalue weighted by atomic mass is 9.89. The van der Waals surface area contributed by atoms with Crippen molar-refractivity contribution in [1.29, 1.82) is 0 Å². The van der Waals surface area contributed by atoms with Crippen LogP contribution in [0.25, 0.3) is 11.3 Å². The first-order valence-electron chi connectivity index (χ1n) is 13.2. The molecule has 1 atom stereocenters. The van der Waals surface area contributed by atoms with E-state index in [0.717, 1.165) is 11.1 Å². The van der Waals surface area contributed by atoms with Crippen LogP contribution < -0.4 is 30.2 Å². The Hall–Kier alpha value is -4.41. The van der Waals surface area contributed by atoms with Crippen LogP contribution in [0.15, 0.2) is 47.0 Å². The van der Waals surface area contributed by atoms with Gasteiger partial charge in [-0.2, -0.15) is 0 Å².